The number of ether oxygens (including phenoxy) is 1. The van der Waals surface area contributed by atoms with Crippen molar-refractivity contribution in [1.29, 1.82) is 0 Å². The topological polar surface area (TPSA) is 75.7 Å². The molecule has 0 unspecified atom stereocenters. The molecule has 0 atom stereocenters. The highest BCUT2D eigenvalue weighted by Gasteiger charge is 2.15. The number of esters is 1. The highest BCUT2D eigenvalue weighted by atomic mass is 35.5. The number of nitrogens with zero attached hydrogens (tertiary/aromatic N) is 1. The summed E-state index contributed by atoms with van der Waals surface area (Å²) in [4.78, 5) is 37.3. The second-order valence-corrected chi connectivity index (χ2v) is 6.18. The van der Waals surface area contributed by atoms with Crippen LogP contribution in [0.3, 0.4) is 0 Å². The predicted molar refractivity (Wildman–Crippen MR) is 105 cm³/mol. The molecule has 2 aromatic rings. The van der Waals surface area contributed by atoms with Crippen molar-refractivity contribution in [2.75, 3.05) is 23.4 Å². The number of carbonyl (C=O) groups is 3. The summed E-state index contributed by atoms with van der Waals surface area (Å²) in [5.41, 5.74) is 1.65. The number of rotatable bonds is 7. The molecule has 0 heterocycles. The largest absolute Gasteiger partial charge is 0.462 e. The van der Waals surface area contributed by atoms with Gasteiger partial charge in [-0.25, -0.2) is 4.79 Å². The standard InChI is InChI=1S/C20H21ClN2O4/c1-3-27-20(26)15-4-10-18(11-5-15)23(14(2)24)13-12-19(25)22-17-8-6-16(21)7-9-17/h4-11H,3,12-13H2,1-2H3,(H,22,25). The van der Waals surface area contributed by atoms with Gasteiger partial charge in [-0.05, 0) is 55.5 Å². The second kappa shape index (κ2) is 9.73. The SMILES string of the molecule is CCOC(=O)c1ccc(N(CCC(=O)Nc2ccc(Cl)cc2)C(C)=O)cc1. The minimum atomic E-state index is -0.416. The maximum Gasteiger partial charge on any atom is 0.338 e. The molecule has 2 amide bonds. The number of hydrogen-bond donors (Lipinski definition) is 1. The Morgan fingerprint density at radius 2 is 1.67 bits per heavy atom. The van der Waals surface area contributed by atoms with Gasteiger partial charge in [0.25, 0.3) is 0 Å². The van der Waals surface area contributed by atoms with Crippen molar-refractivity contribution in [1.82, 2.24) is 0 Å². The summed E-state index contributed by atoms with van der Waals surface area (Å²) >= 11 is 5.82. The fourth-order valence-corrected chi connectivity index (χ4v) is 2.56. The second-order valence-electron chi connectivity index (χ2n) is 5.74. The van der Waals surface area contributed by atoms with Gasteiger partial charge in [0.2, 0.25) is 11.8 Å². The molecule has 0 spiro atoms. The number of benzene rings is 2. The molecule has 142 valence electrons. The van der Waals surface area contributed by atoms with Gasteiger partial charge in [-0.2, -0.15) is 0 Å². The first kappa shape index (κ1) is 20.5. The van der Waals surface area contributed by atoms with E-state index in [2.05, 4.69) is 5.32 Å². The van der Waals surface area contributed by atoms with E-state index in [1.54, 1.807) is 55.5 Å². The van der Waals surface area contributed by atoms with E-state index in [1.807, 2.05) is 0 Å². The van der Waals surface area contributed by atoms with E-state index in [0.717, 1.165) is 0 Å². The molecule has 0 aliphatic heterocycles. The molecule has 27 heavy (non-hydrogen) atoms. The maximum absolute atomic E-state index is 12.1. The first-order valence-corrected chi connectivity index (χ1v) is 8.89. The Morgan fingerprint density at radius 1 is 1.04 bits per heavy atom. The van der Waals surface area contributed by atoms with Crippen LogP contribution in [0.25, 0.3) is 0 Å². The van der Waals surface area contributed by atoms with E-state index >= 15 is 0 Å². The maximum atomic E-state index is 12.1. The zero-order chi connectivity index (χ0) is 19.8. The highest BCUT2D eigenvalue weighted by molar-refractivity contribution is 6.30. The van der Waals surface area contributed by atoms with E-state index in [0.29, 0.717) is 28.6 Å². The van der Waals surface area contributed by atoms with Gasteiger partial charge in [0.05, 0.1) is 12.2 Å². The predicted octanol–water partition coefficient (Wildman–Crippen LogP) is 3.90. The Morgan fingerprint density at radius 3 is 2.22 bits per heavy atom. The van der Waals surface area contributed by atoms with Crippen LogP contribution in [0.2, 0.25) is 5.02 Å². The lowest BCUT2D eigenvalue weighted by atomic mass is 10.2. The molecule has 0 saturated carbocycles. The molecule has 0 aliphatic carbocycles. The molecule has 7 heteroatoms. The first-order chi connectivity index (χ1) is 12.9. The summed E-state index contributed by atoms with van der Waals surface area (Å²) in [5.74, 6) is -0.828. The number of carbonyl (C=O) groups excluding carboxylic acids is 3. The summed E-state index contributed by atoms with van der Waals surface area (Å²) < 4.78 is 4.94. The van der Waals surface area contributed by atoms with Gasteiger partial charge in [0.15, 0.2) is 0 Å². The van der Waals surface area contributed by atoms with Crippen LogP contribution in [0.1, 0.15) is 30.6 Å². The van der Waals surface area contributed by atoms with Crippen LogP contribution < -0.4 is 10.2 Å². The molecule has 0 saturated heterocycles. The fraction of sp³-hybridized carbons (Fsp3) is 0.250. The minimum absolute atomic E-state index is 0.127. The van der Waals surface area contributed by atoms with Crippen molar-refractivity contribution < 1.29 is 19.1 Å². The lowest BCUT2D eigenvalue weighted by molar-refractivity contribution is -0.117. The third kappa shape index (κ3) is 6.11. The first-order valence-electron chi connectivity index (χ1n) is 8.51. The van der Waals surface area contributed by atoms with Crippen molar-refractivity contribution in [3.8, 4) is 0 Å². The Balaban J connectivity index is 1.98. The average Bonchev–Trinajstić information content (AvgIpc) is 2.64. The Kier molecular flexibility index (Phi) is 7.37. The smallest absolute Gasteiger partial charge is 0.338 e. The molecule has 2 aromatic carbocycles. The Bertz CT molecular complexity index is 804. The lowest BCUT2D eigenvalue weighted by Gasteiger charge is -2.21. The van der Waals surface area contributed by atoms with Gasteiger partial charge in [0, 0.05) is 36.3 Å². The molecular formula is C20H21ClN2O4. The van der Waals surface area contributed by atoms with Crippen molar-refractivity contribution in [3.05, 3.63) is 59.1 Å². The minimum Gasteiger partial charge on any atom is -0.462 e. The van der Waals surface area contributed by atoms with Crippen LogP contribution in [-0.4, -0.2) is 30.9 Å². The van der Waals surface area contributed by atoms with Crippen LogP contribution in [0, 0.1) is 0 Å². The van der Waals surface area contributed by atoms with Gasteiger partial charge in [0.1, 0.15) is 0 Å². The molecule has 2 rings (SSSR count). The van der Waals surface area contributed by atoms with E-state index in [9.17, 15) is 14.4 Å². The molecule has 0 radical (unpaired) electrons. The van der Waals surface area contributed by atoms with Gasteiger partial charge < -0.3 is 15.0 Å². The lowest BCUT2D eigenvalue weighted by Crippen LogP contribution is -2.32. The monoisotopic (exact) mass is 388 g/mol. The highest BCUT2D eigenvalue weighted by Crippen LogP contribution is 2.18. The number of hydrogen-bond acceptors (Lipinski definition) is 4. The molecule has 0 fully saturated rings. The van der Waals surface area contributed by atoms with Gasteiger partial charge >= 0.3 is 5.97 Å². The van der Waals surface area contributed by atoms with E-state index in [-0.39, 0.29) is 24.8 Å². The van der Waals surface area contributed by atoms with E-state index in [1.165, 1.54) is 11.8 Å². The zero-order valence-corrected chi connectivity index (χ0v) is 16.0. The molecule has 0 bridgehead atoms. The number of nitrogens with one attached hydrogen (secondary N) is 1. The van der Waals surface area contributed by atoms with Crippen LogP contribution in [0.5, 0.6) is 0 Å². The van der Waals surface area contributed by atoms with Gasteiger partial charge in [-0.3, -0.25) is 9.59 Å². The normalized spacial score (nSPS) is 10.2. The van der Waals surface area contributed by atoms with Crippen LogP contribution >= 0.6 is 11.6 Å². The Labute approximate surface area is 163 Å². The number of anilines is 2. The van der Waals surface area contributed by atoms with E-state index < -0.39 is 5.97 Å². The quantitative estimate of drug-likeness (QED) is 0.730. The van der Waals surface area contributed by atoms with Crippen LogP contribution in [0.4, 0.5) is 11.4 Å². The summed E-state index contributed by atoms with van der Waals surface area (Å²) in [6, 6.07) is 13.3. The van der Waals surface area contributed by atoms with Crippen molar-refractivity contribution >= 4 is 40.8 Å². The van der Waals surface area contributed by atoms with E-state index in [4.69, 9.17) is 16.3 Å². The third-order valence-electron chi connectivity index (χ3n) is 3.76. The zero-order valence-electron chi connectivity index (χ0n) is 15.2. The molecule has 0 aliphatic rings. The summed E-state index contributed by atoms with van der Waals surface area (Å²) in [7, 11) is 0. The van der Waals surface area contributed by atoms with Crippen LogP contribution in [-0.2, 0) is 14.3 Å². The molecular weight excluding hydrogens is 368 g/mol. The molecule has 1 N–H and O–H groups in total. The summed E-state index contributed by atoms with van der Waals surface area (Å²) in [6.45, 7) is 3.67. The molecule has 0 aromatic heterocycles. The van der Waals surface area contributed by atoms with Crippen molar-refractivity contribution in [3.63, 3.8) is 0 Å². The average molecular weight is 389 g/mol. The summed E-state index contributed by atoms with van der Waals surface area (Å²) in [5, 5.41) is 3.34. The number of amides is 2. The van der Waals surface area contributed by atoms with Crippen LogP contribution in [0.15, 0.2) is 48.5 Å². The molecule has 6 nitrogen and oxygen atoms in total. The van der Waals surface area contributed by atoms with Gasteiger partial charge in [-0.15, -0.1) is 0 Å². The fourth-order valence-electron chi connectivity index (χ4n) is 2.43. The summed E-state index contributed by atoms with van der Waals surface area (Å²) in [6.07, 6.45) is 0.127. The van der Waals surface area contributed by atoms with Crippen molar-refractivity contribution in [2.45, 2.75) is 20.3 Å². The Hall–Kier alpha value is -2.86. The van der Waals surface area contributed by atoms with Crippen molar-refractivity contribution in [2.24, 2.45) is 0 Å². The van der Waals surface area contributed by atoms with Gasteiger partial charge in [-0.1, -0.05) is 11.6 Å². The third-order valence-corrected chi connectivity index (χ3v) is 4.01. The number of halogens is 1.